The molecule has 0 aliphatic carbocycles. The maximum Gasteiger partial charge on any atom is 0.138 e. The first kappa shape index (κ1) is 13.3. The van der Waals surface area contributed by atoms with Gasteiger partial charge in [0.25, 0.3) is 0 Å². The standard InChI is InChI=1S/C15H13IN4/c16-11-6-7-13-12(8-11)15(10-4-2-1-3-5-10)18-9-14(19-13)20-17/h1-8H,9,17H2,(H,19,20). The smallest absolute Gasteiger partial charge is 0.138 e. The van der Waals surface area contributed by atoms with Crippen LogP contribution in [0.4, 0.5) is 5.69 Å². The van der Waals surface area contributed by atoms with Crippen LogP contribution in [0.3, 0.4) is 0 Å². The molecule has 1 heterocycles. The second-order valence-corrected chi connectivity index (χ2v) is 5.64. The van der Waals surface area contributed by atoms with E-state index < -0.39 is 0 Å². The first-order chi connectivity index (χ1) is 9.78. The molecule has 0 fully saturated rings. The highest BCUT2D eigenvalue weighted by Crippen LogP contribution is 2.27. The Labute approximate surface area is 130 Å². The number of nitrogens with one attached hydrogen (secondary N) is 1. The van der Waals surface area contributed by atoms with Crippen molar-refractivity contribution in [3.05, 3.63) is 63.2 Å². The van der Waals surface area contributed by atoms with Crippen LogP contribution in [0.1, 0.15) is 11.1 Å². The van der Waals surface area contributed by atoms with Crippen molar-refractivity contribution in [3.8, 4) is 0 Å². The molecule has 2 aromatic rings. The van der Waals surface area contributed by atoms with E-state index in [1.165, 1.54) is 0 Å². The molecule has 1 aliphatic rings. The summed E-state index contributed by atoms with van der Waals surface area (Å²) >= 11 is 2.30. The molecule has 0 aromatic heterocycles. The number of nitrogens with zero attached hydrogens (tertiary/aromatic N) is 2. The van der Waals surface area contributed by atoms with Crippen molar-refractivity contribution in [2.75, 3.05) is 6.54 Å². The summed E-state index contributed by atoms with van der Waals surface area (Å²) < 4.78 is 1.16. The van der Waals surface area contributed by atoms with Gasteiger partial charge in [-0.15, -0.1) is 0 Å². The van der Waals surface area contributed by atoms with Gasteiger partial charge in [0, 0.05) is 14.7 Å². The van der Waals surface area contributed by atoms with Crippen LogP contribution in [0.5, 0.6) is 0 Å². The summed E-state index contributed by atoms with van der Waals surface area (Å²) in [6, 6.07) is 16.3. The van der Waals surface area contributed by atoms with E-state index >= 15 is 0 Å². The van der Waals surface area contributed by atoms with Crippen molar-refractivity contribution in [1.29, 1.82) is 0 Å². The van der Waals surface area contributed by atoms with Crippen molar-refractivity contribution < 1.29 is 0 Å². The van der Waals surface area contributed by atoms with Gasteiger partial charge in [-0.3, -0.25) is 4.99 Å². The minimum absolute atomic E-state index is 0.450. The lowest BCUT2D eigenvalue weighted by molar-refractivity contribution is 0.992. The zero-order valence-electron chi connectivity index (χ0n) is 10.7. The summed E-state index contributed by atoms with van der Waals surface area (Å²) in [6.45, 7) is 0.450. The second-order valence-electron chi connectivity index (χ2n) is 4.40. The fourth-order valence-corrected chi connectivity index (χ4v) is 2.63. The molecule has 0 amide bonds. The molecule has 0 spiro atoms. The predicted molar refractivity (Wildman–Crippen MR) is 90.5 cm³/mol. The summed E-state index contributed by atoms with van der Waals surface area (Å²) in [5.41, 5.74) is 6.57. The van der Waals surface area contributed by atoms with Crippen molar-refractivity contribution in [2.24, 2.45) is 15.8 Å². The van der Waals surface area contributed by atoms with Crippen LogP contribution in [0, 0.1) is 3.57 Å². The molecule has 3 rings (SSSR count). The highest BCUT2D eigenvalue weighted by Gasteiger charge is 2.15. The van der Waals surface area contributed by atoms with E-state index in [0.29, 0.717) is 12.4 Å². The summed E-state index contributed by atoms with van der Waals surface area (Å²) in [5, 5.41) is 0. The van der Waals surface area contributed by atoms with Crippen LogP contribution >= 0.6 is 22.6 Å². The van der Waals surface area contributed by atoms with E-state index in [0.717, 1.165) is 26.1 Å². The van der Waals surface area contributed by atoms with Crippen molar-refractivity contribution in [3.63, 3.8) is 0 Å². The lowest BCUT2D eigenvalue weighted by atomic mass is 10.0. The predicted octanol–water partition coefficient (Wildman–Crippen LogP) is 2.64. The van der Waals surface area contributed by atoms with Gasteiger partial charge in [0.1, 0.15) is 5.84 Å². The fourth-order valence-electron chi connectivity index (χ4n) is 2.14. The Bertz CT molecular complexity index is 692. The van der Waals surface area contributed by atoms with Gasteiger partial charge in [-0.05, 0) is 40.8 Å². The summed E-state index contributed by atoms with van der Waals surface area (Å²) in [4.78, 5) is 9.21. The second kappa shape index (κ2) is 5.72. The molecule has 2 aromatic carbocycles. The van der Waals surface area contributed by atoms with Crippen molar-refractivity contribution in [1.82, 2.24) is 5.43 Å². The number of hydrogen-bond acceptors (Lipinski definition) is 4. The minimum atomic E-state index is 0.450. The number of benzene rings is 2. The average molecular weight is 376 g/mol. The maximum absolute atomic E-state index is 5.49. The Morgan fingerprint density at radius 3 is 2.65 bits per heavy atom. The van der Waals surface area contributed by atoms with Gasteiger partial charge < -0.3 is 5.43 Å². The lowest BCUT2D eigenvalue weighted by Gasteiger charge is -2.08. The van der Waals surface area contributed by atoms with Crippen LogP contribution < -0.4 is 11.3 Å². The molecule has 20 heavy (non-hydrogen) atoms. The third-order valence-electron chi connectivity index (χ3n) is 3.07. The number of rotatable bonds is 1. The van der Waals surface area contributed by atoms with E-state index in [4.69, 9.17) is 5.84 Å². The monoisotopic (exact) mass is 376 g/mol. The van der Waals surface area contributed by atoms with Gasteiger partial charge in [0.15, 0.2) is 0 Å². The number of nitrogens with two attached hydrogens (primary N) is 1. The molecule has 0 radical (unpaired) electrons. The minimum Gasteiger partial charge on any atom is -0.310 e. The summed E-state index contributed by atoms with van der Waals surface area (Å²) in [5.74, 6) is 6.16. The van der Waals surface area contributed by atoms with Gasteiger partial charge in [-0.2, -0.15) is 0 Å². The third kappa shape index (κ3) is 2.59. The van der Waals surface area contributed by atoms with Gasteiger partial charge in [-0.25, -0.2) is 10.8 Å². The molecule has 0 bridgehead atoms. The van der Waals surface area contributed by atoms with Gasteiger partial charge >= 0.3 is 0 Å². The van der Waals surface area contributed by atoms with E-state index in [9.17, 15) is 0 Å². The van der Waals surface area contributed by atoms with E-state index in [-0.39, 0.29) is 0 Å². The quantitative estimate of drug-likeness (QED) is 0.457. The zero-order valence-corrected chi connectivity index (χ0v) is 12.8. The molecule has 5 heteroatoms. The SMILES string of the molecule is NNC1=Nc2ccc(I)cc2C(c2ccccc2)=NC1. The molecule has 0 saturated heterocycles. The molecular formula is C15H13IN4. The number of hydrazine groups is 1. The largest absolute Gasteiger partial charge is 0.310 e. The van der Waals surface area contributed by atoms with E-state index in [1.54, 1.807) is 0 Å². The Balaban J connectivity index is 2.19. The van der Waals surface area contributed by atoms with Crippen LogP contribution in [0.15, 0.2) is 58.5 Å². The van der Waals surface area contributed by atoms with E-state index in [2.05, 4.69) is 56.2 Å². The Kier molecular flexibility index (Phi) is 3.79. The zero-order chi connectivity index (χ0) is 13.9. The number of amidine groups is 1. The molecule has 1 aliphatic heterocycles. The topological polar surface area (TPSA) is 62.8 Å². The molecule has 100 valence electrons. The highest BCUT2D eigenvalue weighted by atomic mass is 127. The molecule has 0 saturated carbocycles. The third-order valence-corrected chi connectivity index (χ3v) is 3.74. The van der Waals surface area contributed by atoms with Crippen LogP contribution in [-0.2, 0) is 0 Å². The molecular weight excluding hydrogens is 363 g/mol. The summed E-state index contributed by atoms with van der Waals surface area (Å²) in [6.07, 6.45) is 0. The number of hydrogen-bond donors (Lipinski definition) is 2. The maximum atomic E-state index is 5.49. The number of aliphatic imine (C=N–C) groups is 2. The number of halogens is 1. The van der Waals surface area contributed by atoms with Crippen molar-refractivity contribution in [2.45, 2.75) is 0 Å². The Morgan fingerprint density at radius 1 is 1.10 bits per heavy atom. The average Bonchev–Trinajstić information content (AvgIpc) is 2.67. The molecule has 4 nitrogen and oxygen atoms in total. The van der Waals surface area contributed by atoms with Crippen LogP contribution in [-0.4, -0.2) is 18.1 Å². The molecule has 0 unspecified atom stereocenters. The molecule has 0 atom stereocenters. The fraction of sp³-hybridized carbons (Fsp3) is 0.0667. The van der Waals surface area contributed by atoms with Crippen LogP contribution in [0.25, 0.3) is 0 Å². The van der Waals surface area contributed by atoms with Gasteiger partial charge in [-0.1, -0.05) is 30.3 Å². The Hall–Kier alpha value is -1.73. The number of fused-ring (bicyclic) bond motifs is 1. The Morgan fingerprint density at radius 2 is 1.90 bits per heavy atom. The first-order valence-electron chi connectivity index (χ1n) is 6.22. The van der Waals surface area contributed by atoms with E-state index in [1.807, 2.05) is 30.3 Å². The normalized spacial score (nSPS) is 13.9. The van der Waals surface area contributed by atoms with Gasteiger partial charge in [0.2, 0.25) is 0 Å². The van der Waals surface area contributed by atoms with Crippen molar-refractivity contribution >= 4 is 39.8 Å². The van der Waals surface area contributed by atoms with Gasteiger partial charge in [0.05, 0.1) is 17.9 Å². The summed E-state index contributed by atoms with van der Waals surface area (Å²) in [7, 11) is 0. The van der Waals surface area contributed by atoms with Crippen LogP contribution in [0.2, 0.25) is 0 Å². The lowest BCUT2D eigenvalue weighted by Crippen LogP contribution is -2.32. The first-order valence-corrected chi connectivity index (χ1v) is 7.30. The molecule has 3 N–H and O–H groups in total. The highest BCUT2D eigenvalue weighted by molar-refractivity contribution is 14.1.